The Morgan fingerprint density at radius 2 is 1.70 bits per heavy atom. The first-order valence-corrected chi connectivity index (χ1v) is 8.45. The fraction of sp³-hybridized carbons (Fsp3) is 1.00. The minimum atomic E-state index is -0.0279. The lowest BCUT2D eigenvalue weighted by atomic mass is 9.94. The Hall–Kier alpha value is -0.120. The normalized spacial score (nSPS) is 24.0. The van der Waals surface area contributed by atoms with E-state index < -0.39 is 0 Å². The van der Waals surface area contributed by atoms with E-state index in [-0.39, 0.29) is 5.60 Å². The molecular weight excluding hydrogens is 250 g/mol. The Kier molecular flexibility index (Phi) is 8.74. The van der Waals surface area contributed by atoms with Crippen molar-refractivity contribution in [1.82, 2.24) is 5.32 Å². The van der Waals surface area contributed by atoms with Crippen molar-refractivity contribution in [1.29, 1.82) is 0 Å². The molecule has 2 unspecified atom stereocenters. The van der Waals surface area contributed by atoms with Gasteiger partial charge in [0.05, 0.1) is 17.8 Å². The molecule has 120 valence electrons. The van der Waals surface area contributed by atoms with E-state index in [9.17, 15) is 0 Å². The molecule has 0 aromatic rings. The van der Waals surface area contributed by atoms with E-state index in [2.05, 4.69) is 26.1 Å². The van der Waals surface area contributed by atoms with Crippen molar-refractivity contribution in [3.05, 3.63) is 0 Å². The van der Waals surface area contributed by atoms with Gasteiger partial charge in [-0.05, 0) is 72.9 Å². The summed E-state index contributed by atoms with van der Waals surface area (Å²) in [6, 6.07) is 0. The van der Waals surface area contributed by atoms with Crippen molar-refractivity contribution >= 4 is 0 Å². The van der Waals surface area contributed by atoms with Gasteiger partial charge in [0.15, 0.2) is 0 Å². The molecule has 0 aromatic heterocycles. The summed E-state index contributed by atoms with van der Waals surface area (Å²) in [6.45, 7) is 8.48. The quantitative estimate of drug-likeness (QED) is 0.652. The predicted octanol–water partition coefficient (Wildman–Crippen LogP) is 3.91. The Balaban J connectivity index is 2.05. The summed E-state index contributed by atoms with van der Waals surface area (Å²) in [5.41, 5.74) is -0.0279. The van der Waals surface area contributed by atoms with E-state index in [1.807, 2.05) is 7.05 Å². The highest BCUT2D eigenvalue weighted by atomic mass is 16.5. The number of hydrogen-bond acceptors (Lipinski definition) is 3. The highest BCUT2D eigenvalue weighted by molar-refractivity contribution is 4.76. The zero-order valence-electron chi connectivity index (χ0n) is 14.0. The molecule has 1 aliphatic rings. The SMILES string of the molecule is CNCCCCCCOC1CCCC(OC(C)(C)C)C1. The molecule has 1 aliphatic carbocycles. The zero-order chi connectivity index (χ0) is 14.8. The van der Waals surface area contributed by atoms with Crippen molar-refractivity contribution in [2.24, 2.45) is 0 Å². The molecule has 0 aliphatic heterocycles. The second kappa shape index (κ2) is 9.75. The van der Waals surface area contributed by atoms with Crippen molar-refractivity contribution in [2.45, 2.75) is 89.9 Å². The smallest absolute Gasteiger partial charge is 0.0607 e. The highest BCUT2D eigenvalue weighted by Crippen LogP contribution is 2.27. The van der Waals surface area contributed by atoms with E-state index in [1.165, 1.54) is 44.9 Å². The molecule has 0 amide bonds. The van der Waals surface area contributed by atoms with Gasteiger partial charge >= 0.3 is 0 Å². The third-order valence-corrected chi connectivity index (χ3v) is 3.77. The van der Waals surface area contributed by atoms with Crippen LogP contribution >= 0.6 is 0 Å². The van der Waals surface area contributed by atoms with Gasteiger partial charge in [0.2, 0.25) is 0 Å². The van der Waals surface area contributed by atoms with Crippen LogP contribution in [0.3, 0.4) is 0 Å². The standard InChI is InChI=1S/C17H35NO2/c1-17(2,3)20-16-11-9-10-15(14-16)19-13-8-6-5-7-12-18-4/h15-16,18H,5-14H2,1-4H3. The largest absolute Gasteiger partial charge is 0.378 e. The molecule has 0 bridgehead atoms. The maximum Gasteiger partial charge on any atom is 0.0607 e. The van der Waals surface area contributed by atoms with Gasteiger partial charge in [-0.25, -0.2) is 0 Å². The van der Waals surface area contributed by atoms with E-state index in [1.54, 1.807) is 0 Å². The summed E-state index contributed by atoms with van der Waals surface area (Å²) in [6.07, 6.45) is 10.6. The summed E-state index contributed by atoms with van der Waals surface area (Å²) < 4.78 is 12.1. The minimum Gasteiger partial charge on any atom is -0.378 e. The zero-order valence-corrected chi connectivity index (χ0v) is 14.0. The van der Waals surface area contributed by atoms with Crippen LogP contribution in [-0.4, -0.2) is 38.0 Å². The van der Waals surface area contributed by atoms with E-state index in [0.717, 1.165) is 19.6 Å². The molecule has 0 aromatic carbocycles. The predicted molar refractivity (Wildman–Crippen MR) is 85.2 cm³/mol. The second-order valence-corrected chi connectivity index (χ2v) is 7.03. The van der Waals surface area contributed by atoms with Gasteiger partial charge in [0.1, 0.15) is 0 Å². The Labute approximate surface area is 125 Å². The molecule has 3 heteroatoms. The molecule has 3 nitrogen and oxygen atoms in total. The average molecular weight is 285 g/mol. The van der Waals surface area contributed by atoms with Gasteiger partial charge in [0.25, 0.3) is 0 Å². The summed E-state index contributed by atoms with van der Waals surface area (Å²) in [5.74, 6) is 0. The molecule has 2 atom stereocenters. The lowest BCUT2D eigenvalue weighted by Gasteiger charge is -2.34. The molecule has 0 spiro atoms. The second-order valence-electron chi connectivity index (χ2n) is 7.03. The third kappa shape index (κ3) is 8.93. The number of unbranched alkanes of at least 4 members (excludes halogenated alkanes) is 3. The molecule has 0 radical (unpaired) electrons. The molecule has 1 fully saturated rings. The van der Waals surface area contributed by atoms with E-state index >= 15 is 0 Å². The van der Waals surface area contributed by atoms with Crippen molar-refractivity contribution in [2.75, 3.05) is 20.2 Å². The number of hydrogen-bond donors (Lipinski definition) is 1. The molecule has 20 heavy (non-hydrogen) atoms. The summed E-state index contributed by atoms with van der Waals surface area (Å²) in [5, 5.41) is 3.19. The maximum atomic E-state index is 6.09. The van der Waals surface area contributed by atoms with Crippen LogP contribution in [0.15, 0.2) is 0 Å². The Morgan fingerprint density at radius 1 is 1.00 bits per heavy atom. The summed E-state index contributed by atoms with van der Waals surface area (Å²) >= 11 is 0. The van der Waals surface area contributed by atoms with Crippen LogP contribution in [0.25, 0.3) is 0 Å². The van der Waals surface area contributed by atoms with Gasteiger partial charge in [-0.2, -0.15) is 0 Å². The lowest BCUT2D eigenvalue weighted by Crippen LogP contribution is -2.34. The monoisotopic (exact) mass is 285 g/mol. The van der Waals surface area contributed by atoms with Crippen molar-refractivity contribution in [3.8, 4) is 0 Å². The first kappa shape index (κ1) is 17.9. The minimum absolute atomic E-state index is 0.0279. The van der Waals surface area contributed by atoms with E-state index in [0.29, 0.717) is 12.2 Å². The Bertz CT molecular complexity index is 238. The van der Waals surface area contributed by atoms with Gasteiger partial charge in [-0.1, -0.05) is 12.8 Å². The highest BCUT2D eigenvalue weighted by Gasteiger charge is 2.26. The molecule has 1 N–H and O–H groups in total. The number of ether oxygens (including phenoxy) is 2. The topological polar surface area (TPSA) is 30.5 Å². The fourth-order valence-electron chi connectivity index (χ4n) is 2.87. The molecule has 1 rings (SSSR count). The van der Waals surface area contributed by atoms with Crippen LogP contribution in [0.2, 0.25) is 0 Å². The van der Waals surface area contributed by atoms with Crippen LogP contribution in [-0.2, 0) is 9.47 Å². The van der Waals surface area contributed by atoms with Gasteiger partial charge in [-0.3, -0.25) is 0 Å². The third-order valence-electron chi connectivity index (χ3n) is 3.77. The van der Waals surface area contributed by atoms with Crippen LogP contribution in [0.4, 0.5) is 0 Å². The van der Waals surface area contributed by atoms with Crippen LogP contribution in [0.1, 0.15) is 72.1 Å². The fourth-order valence-corrected chi connectivity index (χ4v) is 2.87. The summed E-state index contributed by atoms with van der Waals surface area (Å²) in [7, 11) is 2.02. The van der Waals surface area contributed by atoms with Gasteiger partial charge in [-0.15, -0.1) is 0 Å². The van der Waals surface area contributed by atoms with Crippen LogP contribution < -0.4 is 5.32 Å². The van der Waals surface area contributed by atoms with Gasteiger partial charge in [0, 0.05) is 6.61 Å². The molecular formula is C17H35NO2. The van der Waals surface area contributed by atoms with Crippen LogP contribution in [0.5, 0.6) is 0 Å². The maximum absolute atomic E-state index is 6.09. The molecule has 1 saturated carbocycles. The molecule has 0 saturated heterocycles. The summed E-state index contributed by atoms with van der Waals surface area (Å²) in [4.78, 5) is 0. The molecule has 0 heterocycles. The first-order valence-electron chi connectivity index (χ1n) is 8.45. The van der Waals surface area contributed by atoms with E-state index in [4.69, 9.17) is 9.47 Å². The van der Waals surface area contributed by atoms with Crippen molar-refractivity contribution in [3.63, 3.8) is 0 Å². The number of nitrogens with one attached hydrogen (secondary N) is 1. The Morgan fingerprint density at radius 3 is 2.40 bits per heavy atom. The lowest BCUT2D eigenvalue weighted by molar-refractivity contribution is -0.103. The van der Waals surface area contributed by atoms with Crippen molar-refractivity contribution < 1.29 is 9.47 Å². The van der Waals surface area contributed by atoms with Gasteiger partial charge < -0.3 is 14.8 Å². The first-order chi connectivity index (χ1) is 9.51. The number of rotatable bonds is 9. The average Bonchev–Trinajstić information content (AvgIpc) is 2.36. The van der Waals surface area contributed by atoms with Crippen LogP contribution in [0, 0.1) is 0 Å².